The minimum absolute atomic E-state index is 0.471. The van der Waals surface area contributed by atoms with E-state index in [4.69, 9.17) is 4.74 Å². The van der Waals surface area contributed by atoms with E-state index < -0.39 is 0 Å². The van der Waals surface area contributed by atoms with E-state index in [1.807, 2.05) is 12.1 Å². The van der Waals surface area contributed by atoms with Crippen LogP contribution in [0.3, 0.4) is 0 Å². The van der Waals surface area contributed by atoms with Crippen LogP contribution in [0.5, 0.6) is 5.75 Å². The first-order valence-corrected chi connectivity index (χ1v) is 6.33. The minimum atomic E-state index is 0.471. The van der Waals surface area contributed by atoms with Gasteiger partial charge in [-0.3, -0.25) is 0 Å². The maximum absolute atomic E-state index is 5.42. The largest absolute Gasteiger partial charge is 0.496 e. The first kappa shape index (κ1) is 11.1. The van der Waals surface area contributed by atoms with Gasteiger partial charge in [0.2, 0.25) is 0 Å². The number of rotatable bonds is 3. The third-order valence-corrected chi connectivity index (χ3v) is 3.49. The van der Waals surface area contributed by atoms with Crippen LogP contribution in [-0.2, 0) is 12.8 Å². The van der Waals surface area contributed by atoms with E-state index in [0.29, 0.717) is 6.04 Å². The molecule has 0 aromatic heterocycles. The Bertz CT molecular complexity index is 536. The molecule has 3 rings (SSSR count). The molecule has 0 bridgehead atoms. The van der Waals surface area contributed by atoms with Crippen molar-refractivity contribution in [2.45, 2.75) is 18.9 Å². The van der Waals surface area contributed by atoms with Gasteiger partial charge in [0.1, 0.15) is 5.75 Å². The van der Waals surface area contributed by atoms with Gasteiger partial charge in [-0.15, -0.1) is 0 Å². The van der Waals surface area contributed by atoms with Crippen LogP contribution in [0.15, 0.2) is 48.5 Å². The van der Waals surface area contributed by atoms with Crippen molar-refractivity contribution in [3.63, 3.8) is 0 Å². The number of benzene rings is 2. The lowest BCUT2D eigenvalue weighted by molar-refractivity contribution is 0.410. The van der Waals surface area contributed by atoms with Crippen molar-refractivity contribution in [2.24, 2.45) is 0 Å². The quantitative estimate of drug-likeness (QED) is 0.887. The van der Waals surface area contributed by atoms with Gasteiger partial charge in [-0.2, -0.15) is 0 Å². The Hall–Kier alpha value is -1.96. The highest BCUT2D eigenvalue weighted by atomic mass is 16.5. The zero-order chi connectivity index (χ0) is 12.4. The van der Waals surface area contributed by atoms with Crippen LogP contribution < -0.4 is 10.1 Å². The molecule has 0 saturated carbocycles. The average molecular weight is 239 g/mol. The molecule has 18 heavy (non-hydrogen) atoms. The fourth-order valence-corrected chi connectivity index (χ4v) is 2.64. The van der Waals surface area contributed by atoms with Gasteiger partial charge >= 0.3 is 0 Å². The van der Waals surface area contributed by atoms with Crippen molar-refractivity contribution in [3.05, 3.63) is 59.7 Å². The summed E-state index contributed by atoms with van der Waals surface area (Å²) < 4.78 is 5.42. The van der Waals surface area contributed by atoms with Crippen LogP contribution in [-0.4, -0.2) is 13.2 Å². The van der Waals surface area contributed by atoms with Crippen molar-refractivity contribution in [1.29, 1.82) is 0 Å². The molecule has 2 aromatic rings. The first-order valence-electron chi connectivity index (χ1n) is 6.33. The third kappa shape index (κ3) is 2.06. The number of anilines is 1. The van der Waals surface area contributed by atoms with Gasteiger partial charge in [-0.05, 0) is 30.5 Å². The molecule has 1 atom stereocenters. The van der Waals surface area contributed by atoms with Gasteiger partial charge < -0.3 is 10.1 Å². The van der Waals surface area contributed by atoms with E-state index >= 15 is 0 Å². The fourth-order valence-electron chi connectivity index (χ4n) is 2.64. The summed E-state index contributed by atoms with van der Waals surface area (Å²) in [6.45, 7) is 0. The Labute approximate surface area is 108 Å². The second kappa shape index (κ2) is 4.73. The van der Waals surface area contributed by atoms with Gasteiger partial charge in [-0.1, -0.05) is 36.4 Å². The summed E-state index contributed by atoms with van der Waals surface area (Å²) in [4.78, 5) is 0. The smallest absolute Gasteiger partial charge is 0.124 e. The van der Waals surface area contributed by atoms with Gasteiger partial charge in [-0.25, -0.2) is 0 Å². The van der Waals surface area contributed by atoms with E-state index in [-0.39, 0.29) is 0 Å². The number of ether oxygens (including phenoxy) is 1. The number of hydrogen-bond acceptors (Lipinski definition) is 2. The summed E-state index contributed by atoms with van der Waals surface area (Å²) in [5.74, 6) is 0.996. The van der Waals surface area contributed by atoms with Crippen molar-refractivity contribution >= 4 is 5.69 Å². The monoisotopic (exact) mass is 239 g/mol. The van der Waals surface area contributed by atoms with Crippen molar-refractivity contribution in [2.75, 3.05) is 12.4 Å². The topological polar surface area (TPSA) is 21.3 Å². The lowest BCUT2D eigenvalue weighted by atomic mass is 10.0. The predicted molar refractivity (Wildman–Crippen MR) is 74.3 cm³/mol. The van der Waals surface area contributed by atoms with E-state index in [9.17, 15) is 0 Å². The van der Waals surface area contributed by atoms with Gasteiger partial charge in [0.25, 0.3) is 0 Å². The summed E-state index contributed by atoms with van der Waals surface area (Å²) in [5.41, 5.74) is 3.90. The lowest BCUT2D eigenvalue weighted by Gasteiger charge is -2.10. The normalized spacial score (nSPS) is 17.1. The van der Waals surface area contributed by atoms with Crippen molar-refractivity contribution in [3.8, 4) is 5.75 Å². The van der Waals surface area contributed by atoms with E-state index in [2.05, 4.69) is 41.7 Å². The molecule has 2 aromatic carbocycles. The molecule has 1 unspecified atom stereocenters. The molecule has 2 heteroatoms. The second-order valence-electron chi connectivity index (χ2n) is 4.72. The Morgan fingerprint density at radius 3 is 2.72 bits per heavy atom. The Kier molecular flexibility index (Phi) is 2.93. The first-order chi connectivity index (χ1) is 8.86. The second-order valence-corrected chi connectivity index (χ2v) is 4.72. The molecule has 1 aliphatic heterocycles. The Balaban J connectivity index is 1.77. The Morgan fingerprint density at radius 1 is 1.11 bits per heavy atom. The summed E-state index contributed by atoms with van der Waals surface area (Å²) in [7, 11) is 1.74. The SMILES string of the molecule is COc1cccc2c1CC(Cc1ccccc1)N2. The molecular weight excluding hydrogens is 222 g/mol. The molecule has 1 heterocycles. The van der Waals surface area contributed by atoms with Crippen LogP contribution in [0.2, 0.25) is 0 Å². The average Bonchev–Trinajstić information content (AvgIpc) is 2.82. The molecule has 1 aliphatic rings. The molecule has 0 amide bonds. The fraction of sp³-hybridized carbons (Fsp3) is 0.250. The highest BCUT2D eigenvalue weighted by Gasteiger charge is 2.23. The summed E-state index contributed by atoms with van der Waals surface area (Å²) in [5, 5.41) is 3.58. The molecule has 0 spiro atoms. The van der Waals surface area contributed by atoms with Gasteiger partial charge in [0, 0.05) is 17.3 Å². The van der Waals surface area contributed by atoms with Crippen LogP contribution in [0.4, 0.5) is 5.69 Å². The maximum Gasteiger partial charge on any atom is 0.124 e. The van der Waals surface area contributed by atoms with E-state index in [1.165, 1.54) is 16.8 Å². The van der Waals surface area contributed by atoms with Crippen LogP contribution in [0.1, 0.15) is 11.1 Å². The summed E-state index contributed by atoms with van der Waals surface area (Å²) in [6.07, 6.45) is 2.09. The zero-order valence-electron chi connectivity index (χ0n) is 10.5. The molecule has 92 valence electrons. The lowest BCUT2D eigenvalue weighted by Crippen LogP contribution is -2.18. The highest BCUT2D eigenvalue weighted by molar-refractivity contribution is 5.62. The molecular formula is C16H17NO. The van der Waals surface area contributed by atoms with E-state index in [0.717, 1.165) is 18.6 Å². The highest BCUT2D eigenvalue weighted by Crippen LogP contribution is 2.34. The summed E-state index contributed by atoms with van der Waals surface area (Å²) in [6, 6.07) is 17.3. The summed E-state index contributed by atoms with van der Waals surface area (Å²) >= 11 is 0. The van der Waals surface area contributed by atoms with Crippen LogP contribution in [0.25, 0.3) is 0 Å². The molecule has 0 aliphatic carbocycles. The number of hydrogen-bond donors (Lipinski definition) is 1. The Morgan fingerprint density at radius 2 is 1.94 bits per heavy atom. The standard InChI is InChI=1S/C16H17NO/c1-18-16-9-5-8-15-14(16)11-13(17-15)10-12-6-3-2-4-7-12/h2-9,13,17H,10-11H2,1H3. The molecule has 1 N–H and O–H groups in total. The van der Waals surface area contributed by atoms with Crippen molar-refractivity contribution < 1.29 is 4.74 Å². The minimum Gasteiger partial charge on any atom is -0.496 e. The molecule has 0 fully saturated rings. The van der Waals surface area contributed by atoms with Gasteiger partial charge in [0.05, 0.1) is 7.11 Å². The number of fused-ring (bicyclic) bond motifs is 1. The zero-order valence-corrected chi connectivity index (χ0v) is 10.5. The third-order valence-electron chi connectivity index (χ3n) is 3.49. The predicted octanol–water partition coefficient (Wildman–Crippen LogP) is 3.27. The van der Waals surface area contributed by atoms with Crippen LogP contribution in [0, 0.1) is 0 Å². The molecule has 0 saturated heterocycles. The molecule has 2 nitrogen and oxygen atoms in total. The maximum atomic E-state index is 5.42. The number of nitrogens with one attached hydrogen (secondary N) is 1. The molecule has 0 radical (unpaired) electrons. The number of methoxy groups -OCH3 is 1. The van der Waals surface area contributed by atoms with Gasteiger partial charge in [0.15, 0.2) is 0 Å². The van der Waals surface area contributed by atoms with Crippen molar-refractivity contribution in [1.82, 2.24) is 0 Å². The van der Waals surface area contributed by atoms with E-state index in [1.54, 1.807) is 7.11 Å². The van der Waals surface area contributed by atoms with Crippen LogP contribution >= 0.6 is 0 Å².